The lowest BCUT2D eigenvalue weighted by molar-refractivity contribution is 0.0601. The lowest BCUT2D eigenvalue weighted by atomic mass is 9.90. The Bertz CT molecular complexity index is 1630. The number of aryl methyl sites for hydroxylation is 2. The molecule has 0 bridgehead atoms. The van der Waals surface area contributed by atoms with Gasteiger partial charge in [-0.15, -0.1) is 0 Å². The van der Waals surface area contributed by atoms with Gasteiger partial charge in [-0.05, 0) is 42.7 Å². The molecular formula is C30H24N4O2. The van der Waals surface area contributed by atoms with Crippen LogP contribution < -0.4 is 0 Å². The van der Waals surface area contributed by atoms with Crippen LogP contribution in [-0.4, -0.2) is 27.8 Å². The van der Waals surface area contributed by atoms with Crippen LogP contribution in [0.2, 0.25) is 0 Å². The molecule has 36 heavy (non-hydrogen) atoms. The quantitative estimate of drug-likeness (QED) is 0.281. The van der Waals surface area contributed by atoms with E-state index in [4.69, 9.17) is 14.8 Å². The summed E-state index contributed by atoms with van der Waals surface area (Å²) in [4.78, 5) is 17.8. The molecule has 0 aliphatic rings. The number of hydrogen-bond donors (Lipinski definition) is 0. The molecule has 176 valence electrons. The predicted octanol–water partition coefficient (Wildman–Crippen LogP) is 6.28. The molecule has 5 rings (SSSR count). The third-order valence-corrected chi connectivity index (χ3v) is 6.34. The summed E-state index contributed by atoms with van der Waals surface area (Å²) in [5, 5.41) is 16.0. The second-order valence-electron chi connectivity index (χ2n) is 8.44. The fourth-order valence-corrected chi connectivity index (χ4v) is 4.54. The van der Waals surface area contributed by atoms with Gasteiger partial charge in [-0.25, -0.2) is 14.5 Å². The van der Waals surface area contributed by atoms with E-state index in [1.807, 2.05) is 73.7 Å². The van der Waals surface area contributed by atoms with Crippen LogP contribution >= 0.6 is 0 Å². The Hall–Kier alpha value is -4.76. The van der Waals surface area contributed by atoms with Crippen molar-refractivity contribution in [2.24, 2.45) is 0 Å². The van der Waals surface area contributed by atoms with Gasteiger partial charge in [0.2, 0.25) is 0 Å². The SMILES string of the molecule is CCc1ccc(-c2nc3c(c(C)nn3-c3ccccc3)c(-c3ccccc3C(=O)OC)c2C#N)cc1. The average Bonchev–Trinajstić information content (AvgIpc) is 3.28. The van der Waals surface area contributed by atoms with E-state index in [1.54, 1.807) is 16.8 Å². The van der Waals surface area contributed by atoms with Crippen molar-refractivity contribution in [3.05, 3.63) is 101 Å². The van der Waals surface area contributed by atoms with Crippen LogP contribution in [0.15, 0.2) is 78.9 Å². The Kier molecular flexibility index (Phi) is 6.05. The molecular weight excluding hydrogens is 448 g/mol. The predicted molar refractivity (Wildman–Crippen MR) is 140 cm³/mol. The van der Waals surface area contributed by atoms with Crippen LogP contribution in [0.3, 0.4) is 0 Å². The summed E-state index contributed by atoms with van der Waals surface area (Å²) in [5.41, 5.74) is 6.73. The number of ether oxygens (including phenoxy) is 1. The first-order valence-corrected chi connectivity index (χ1v) is 11.7. The van der Waals surface area contributed by atoms with Crippen molar-refractivity contribution in [1.29, 1.82) is 5.26 Å². The highest BCUT2D eigenvalue weighted by Crippen LogP contribution is 2.40. The molecule has 0 N–H and O–H groups in total. The van der Waals surface area contributed by atoms with E-state index in [-0.39, 0.29) is 0 Å². The van der Waals surface area contributed by atoms with E-state index in [0.29, 0.717) is 39.3 Å². The Balaban J connectivity index is 1.94. The fourth-order valence-electron chi connectivity index (χ4n) is 4.54. The maximum atomic E-state index is 12.7. The number of rotatable bonds is 5. The minimum Gasteiger partial charge on any atom is -0.465 e. The Labute approximate surface area is 209 Å². The number of nitriles is 1. The lowest BCUT2D eigenvalue weighted by Crippen LogP contribution is -2.06. The summed E-state index contributed by atoms with van der Waals surface area (Å²) in [6.07, 6.45) is 0.912. The average molecular weight is 473 g/mol. The van der Waals surface area contributed by atoms with Crippen molar-refractivity contribution in [1.82, 2.24) is 14.8 Å². The first kappa shape index (κ1) is 23.0. The number of pyridine rings is 1. The third-order valence-electron chi connectivity index (χ3n) is 6.34. The molecule has 0 radical (unpaired) electrons. The van der Waals surface area contributed by atoms with Gasteiger partial charge in [-0.1, -0.05) is 67.6 Å². The first-order chi connectivity index (χ1) is 17.6. The largest absolute Gasteiger partial charge is 0.465 e. The topological polar surface area (TPSA) is 80.8 Å². The summed E-state index contributed by atoms with van der Waals surface area (Å²) in [7, 11) is 1.35. The minimum atomic E-state index is -0.471. The molecule has 3 aromatic carbocycles. The van der Waals surface area contributed by atoms with Crippen LogP contribution in [0.1, 0.15) is 34.1 Å². The Morgan fingerprint density at radius 2 is 1.69 bits per heavy atom. The highest BCUT2D eigenvalue weighted by Gasteiger charge is 2.26. The van der Waals surface area contributed by atoms with Gasteiger partial charge in [0, 0.05) is 11.1 Å². The van der Waals surface area contributed by atoms with Gasteiger partial charge in [0.1, 0.15) is 6.07 Å². The van der Waals surface area contributed by atoms with Gasteiger partial charge < -0.3 is 4.74 Å². The zero-order chi connectivity index (χ0) is 25.2. The number of carbonyl (C=O) groups excluding carboxylic acids is 1. The zero-order valence-corrected chi connectivity index (χ0v) is 20.3. The van der Waals surface area contributed by atoms with Crippen molar-refractivity contribution in [3.8, 4) is 34.1 Å². The summed E-state index contributed by atoms with van der Waals surface area (Å²) in [6, 6.07) is 27.4. The normalized spacial score (nSPS) is 10.8. The number of esters is 1. The van der Waals surface area contributed by atoms with Gasteiger partial charge in [-0.3, -0.25) is 0 Å². The molecule has 5 aromatic rings. The van der Waals surface area contributed by atoms with E-state index >= 15 is 0 Å². The molecule has 6 nitrogen and oxygen atoms in total. The Morgan fingerprint density at radius 1 is 1.00 bits per heavy atom. The summed E-state index contributed by atoms with van der Waals surface area (Å²) in [5.74, 6) is -0.471. The van der Waals surface area contributed by atoms with E-state index in [9.17, 15) is 10.1 Å². The van der Waals surface area contributed by atoms with Crippen molar-refractivity contribution < 1.29 is 9.53 Å². The number of methoxy groups -OCH3 is 1. The summed E-state index contributed by atoms with van der Waals surface area (Å²) < 4.78 is 6.86. The van der Waals surface area contributed by atoms with Crippen LogP contribution in [0.4, 0.5) is 0 Å². The number of benzene rings is 3. The molecule has 0 saturated carbocycles. The molecule has 0 unspecified atom stereocenters. The van der Waals surface area contributed by atoms with Crippen LogP contribution in [-0.2, 0) is 11.2 Å². The Morgan fingerprint density at radius 3 is 2.36 bits per heavy atom. The summed E-state index contributed by atoms with van der Waals surface area (Å²) in [6.45, 7) is 3.99. The number of hydrogen-bond acceptors (Lipinski definition) is 5. The second kappa shape index (κ2) is 9.47. The molecule has 0 amide bonds. The van der Waals surface area contributed by atoms with Crippen LogP contribution in [0, 0.1) is 18.3 Å². The van der Waals surface area contributed by atoms with Gasteiger partial charge in [0.25, 0.3) is 0 Å². The molecule has 6 heteroatoms. The molecule has 2 aromatic heterocycles. The smallest absolute Gasteiger partial charge is 0.338 e. The second-order valence-corrected chi connectivity index (χ2v) is 8.44. The van der Waals surface area contributed by atoms with E-state index in [2.05, 4.69) is 13.0 Å². The zero-order valence-electron chi connectivity index (χ0n) is 20.3. The van der Waals surface area contributed by atoms with Crippen molar-refractivity contribution in [2.75, 3.05) is 7.11 Å². The van der Waals surface area contributed by atoms with Gasteiger partial charge in [-0.2, -0.15) is 10.4 Å². The maximum absolute atomic E-state index is 12.7. The molecule has 0 atom stereocenters. The number of fused-ring (bicyclic) bond motifs is 1. The van der Waals surface area contributed by atoms with Crippen LogP contribution in [0.5, 0.6) is 0 Å². The molecule has 0 fully saturated rings. The lowest BCUT2D eigenvalue weighted by Gasteiger charge is -2.15. The monoisotopic (exact) mass is 472 g/mol. The van der Waals surface area contributed by atoms with E-state index in [0.717, 1.165) is 23.1 Å². The van der Waals surface area contributed by atoms with Gasteiger partial charge in [0.05, 0.1) is 40.7 Å². The molecule has 0 spiro atoms. The minimum absolute atomic E-state index is 0.378. The molecule has 0 saturated heterocycles. The van der Waals surface area contributed by atoms with Gasteiger partial charge >= 0.3 is 5.97 Å². The maximum Gasteiger partial charge on any atom is 0.338 e. The summed E-state index contributed by atoms with van der Waals surface area (Å²) >= 11 is 0. The number of carbonyl (C=O) groups is 1. The standard InChI is InChI=1S/C30H24N4O2/c1-4-20-14-16-21(17-15-20)28-25(18-31)27(23-12-8-9-13-24(23)30(35)36-3)26-19(2)33-34(29(26)32-28)22-10-6-5-7-11-22/h5-17H,4H2,1-3H3. The van der Waals surface area contributed by atoms with Crippen molar-refractivity contribution in [3.63, 3.8) is 0 Å². The van der Waals surface area contributed by atoms with Gasteiger partial charge in [0.15, 0.2) is 5.65 Å². The fraction of sp³-hybridized carbons (Fsp3) is 0.133. The van der Waals surface area contributed by atoms with Crippen LogP contribution in [0.25, 0.3) is 39.1 Å². The highest BCUT2D eigenvalue weighted by molar-refractivity contribution is 6.07. The number of nitrogens with zero attached hydrogens (tertiary/aromatic N) is 4. The highest BCUT2D eigenvalue weighted by atomic mass is 16.5. The molecule has 0 aliphatic heterocycles. The van der Waals surface area contributed by atoms with Crippen molar-refractivity contribution in [2.45, 2.75) is 20.3 Å². The van der Waals surface area contributed by atoms with Crippen molar-refractivity contribution >= 4 is 17.0 Å². The molecule has 0 aliphatic carbocycles. The first-order valence-electron chi connectivity index (χ1n) is 11.7. The van der Waals surface area contributed by atoms with E-state index < -0.39 is 5.97 Å². The van der Waals surface area contributed by atoms with E-state index in [1.165, 1.54) is 12.7 Å². The molecule has 2 heterocycles. The third kappa shape index (κ3) is 3.81. The number of para-hydroxylation sites is 1. The number of aromatic nitrogens is 3.